The maximum atomic E-state index is 5.28. The van der Waals surface area contributed by atoms with Crippen molar-refractivity contribution in [1.29, 1.82) is 0 Å². The third kappa shape index (κ3) is 4.02. The molecule has 0 unspecified atom stereocenters. The van der Waals surface area contributed by atoms with Crippen molar-refractivity contribution in [1.82, 2.24) is 8.01 Å². The molecule has 0 bridgehead atoms. The van der Waals surface area contributed by atoms with E-state index in [0.717, 1.165) is 39.4 Å². The van der Waals surface area contributed by atoms with Crippen molar-refractivity contribution >= 4 is 22.9 Å². The lowest BCUT2D eigenvalue weighted by atomic mass is 10.4. The Bertz CT molecular complexity index is 118. The molecule has 0 amide bonds. The molecule has 1 rings (SSSR count). The van der Waals surface area contributed by atoms with E-state index >= 15 is 0 Å². The summed E-state index contributed by atoms with van der Waals surface area (Å²) in [5.74, 6) is 0. The minimum Gasteiger partial charge on any atom is -0.379 e. The van der Waals surface area contributed by atoms with Crippen LogP contribution in [0, 0.1) is 0 Å². The topological polar surface area (TPSA) is 15.7 Å². The number of nitrogens with zero attached hydrogens (tertiary/aromatic N) is 2. The molecule has 0 aliphatic carbocycles. The first-order chi connectivity index (χ1) is 5.83. The Balaban J connectivity index is 2.05. The number of likely N-dealkylation sites (N-methyl/N-ethyl adjacent to an activating group) is 1. The summed E-state index contributed by atoms with van der Waals surface area (Å²) in [6, 6.07) is 0. The molecule has 4 heteroatoms. The standard InChI is InChI=1S/C8H17IN2O/c1-2-11(9)4-3-10-5-7-12-8-6-10/h2-8H2,1H3. The SMILES string of the molecule is CCN(I)CCN1CCOCC1. The molecule has 0 aromatic carbocycles. The molecule has 1 heterocycles. The quantitative estimate of drug-likeness (QED) is 0.565. The van der Waals surface area contributed by atoms with E-state index in [2.05, 4.69) is 37.8 Å². The average Bonchev–Trinajstić information content (AvgIpc) is 2.16. The molecule has 72 valence electrons. The van der Waals surface area contributed by atoms with Crippen LogP contribution >= 0.6 is 22.9 Å². The summed E-state index contributed by atoms with van der Waals surface area (Å²) in [6.07, 6.45) is 0. The number of ether oxygens (including phenoxy) is 1. The summed E-state index contributed by atoms with van der Waals surface area (Å²) in [5, 5.41) is 0. The van der Waals surface area contributed by atoms with Gasteiger partial charge in [0.05, 0.1) is 13.2 Å². The van der Waals surface area contributed by atoms with E-state index in [0.29, 0.717) is 0 Å². The van der Waals surface area contributed by atoms with Gasteiger partial charge in [-0.2, -0.15) is 0 Å². The molecule has 0 N–H and O–H groups in total. The summed E-state index contributed by atoms with van der Waals surface area (Å²) in [5.41, 5.74) is 0. The predicted octanol–water partition coefficient (Wildman–Crippen LogP) is 0.991. The Kier molecular flexibility index (Phi) is 5.45. The molecular weight excluding hydrogens is 267 g/mol. The normalized spacial score (nSPS) is 20.2. The minimum absolute atomic E-state index is 0.910. The predicted molar refractivity (Wildman–Crippen MR) is 58.5 cm³/mol. The molecule has 0 saturated carbocycles. The fraction of sp³-hybridized carbons (Fsp3) is 1.00. The Hall–Kier alpha value is 0.610. The summed E-state index contributed by atoms with van der Waals surface area (Å²) < 4.78 is 7.59. The van der Waals surface area contributed by atoms with Crippen LogP contribution in [0.4, 0.5) is 0 Å². The molecule has 0 spiro atoms. The van der Waals surface area contributed by atoms with Crippen molar-refractivity contribution < 1.29 is 4.74 Å². The average molecular weight is 284 g/mol. The molecule has 1 saturated heterocycles. The fourth-order valence-corrected chi connectivity index (χ4v) is 1.45. The van der Waals surface area contributed by atoms with Gasteiger partial charge < -0.3 is 4.74 Å². The third-order valence-corrected chi connectivity index (χ3v) is 3.27. The van der Waals surface area contributed by atoms with Gasteiger partial charge in [0.15, 0.2) is 0 Å². The van der Waals surface area contributed by atoms with Crippen molar-refractivity contribution in [2.75, 3.05) is 45.9 Å². The van der Waals surface area contributed by atoms with Gasteiger partial charge in [-0.05, 0) is 0 Å². The molecule has 1 aliphatic rings. The zero-order valence-corrected chi connectivity index (χ0v) is 9.79. The van der Waals surface area contributed by atoms with E-state index in [1.807, 2.05) is 0 Å². The first kappa shape index (κ1) is 10.7. The first-order valence-electron chi connectivity index (χ1n) is 4.53. The Morgan fingerprint density at radius 3 is 2.67 bits per heavy atom. The molecule has 1 fully saturated rings. The van der Waals surface area contributed by atoms with Crippen LogP contribution in [0.2, 0.25) is 0 Å². The van der Waals surface area contributed by atoms with Crippen LogP contribution in [0.1, 0.15) is 6.92 Å². The van der Waals surface area contributed by atoms with Gasteiger partial charge >= 0.3 is 0 Å². The van der Waals surface area contributed by atoms with E-state index in [4.69, 9.17) is 4.74 Å². The van der Waals surface area contributed by atoms with Crippen molar-refractivity contribution in [3.05, 3.63) is 0 Å². The molecule has 1 aliphatic heterocycles. The zero-order valence-electron chi connectivity index (χ0n) is 7.63. The van der Waals surface area contributed by atoms with Gasteiger partial charge in [-0.3, -0.25) is 4.90 Å². The summed E-state index contributed by atoms with van der Waals surface area (Å²) in [6.45, 7) is 9.69. The van der Waals surface area contributed by atoms with Gasteiger partial charge in [-0.15, -0.1) is 0 Å². The lowest BCUT2D eigenvalue weighted by Gasteiger charge is -2.27. The zero-order chi connectivity index (χ0) is 8.81. The van der Waals surface area contributed by atoms with E-state index in [-0.39, 0.29) is 0 Å². The van der Waals surface area contributed by atoms with Gasteiger partial charge in [-0.1, -0.05) is 6.92 Å². The van der Waals surface area contributed by atoms with Crippen molar-refractivity contribution in [3.63, 3.8) is 0 Å². The highest BCUT2D eigenvalue weighted by molar-refractivity contribution is 14.1. The molecule has 12 heavy (non-hydrogen) atoms. The maximum Gasteiger partial charge on any atom is 0.0594 e. The highest BCUT2D eigenvalue weighted by Gasteiger charge is 2.10. The molecule has 0 aromatic heterocycles. The highest BCUT2D eigenvalue weighted by Crippen LogP contribution is 2.00. The highest BCUT2D eigenvalue weighted by atomic mass is 127. The lowest BCUT2D eigenvalue weighted by Crippen LogP contribution is -2.39. The second-order valence-corrected chi connectivity index (χ2v) is 4.32. The number of morpholine rings is 1. The monoisotopic (exact) mass is 284 g/mol. The van der Waals surface area contributed by atoms with E-state index in [9.17, 15) is 0 Å². The Labute approximate surface area is 88.5 Å². The van der Waals surface area contributed by atoms with E-state index in [1.54, 1.807) is 0 Å². The number of hydrogen-bond donors (Lipinski definition) is 0. The maximum absolute atomic E-state index is 5.28. The third-order valence-electron chi connectivity index (χ3n) is 2.11. The molecule has 0 atom stereocenters. The van der Waals surface area contributed by atoms with E-state index in [1.165, 1.54) is 6.54 Å². The smallest absolute Gasteiger partial charge is 0.0594 e. The molecular formula is C8H17IN2O. The van der Waals surface area contributed by atoms with Crippen molar-refractivity contribution in [3.8, 4) is 0 Å². The summed E-state index contributed by atoms with van der Waals surface area (Å²) >= 11 is 2.38. The van der Waals surface area contributed by atoms with Crippen LogP contribution in [-0.2, 0) is 4.74 Å². The fourth-order valence-electron chi connectivity index (χ4n) is 1.23. The van der Waals surface area contributed by atoms with Crippen LogP contribution in [0.5, 0.6) is 0 Å². The number of halogens is 1. The van der Waals surface area contributed by atoms with Gasteiger partial charge in [0, 0.05) is 55.6 Å². The summed E-state index contributed by atoms with van der Waals surface area (Å²) in [7, 11) is 0. The van der Waals surface area contributed by atoms with Gasteiger partial charge in [0.25, 0.3) is 0 Å². The van der Waals surface area contributed by atoms with Crippen LogP contribution < -0.4 is 0 Å². The number of hydrogen-bond acceptors (Lipinski definition) is 3. The van der Waals surface area contributed by atoms with E-state index < -0.39 is 0 Å². The van der Waals surface area contributed by atoms with Crippen molar-refractivity contribution in [2.24, 2.45) is 0 Å². The van der Waals surface area contributed by atoms with Gasteiger partial charge in [0.1, 0.15) is 0 Å². The summed E-state index contributed by atoms with van der Waals surface area (Å²) in [4.78, 5) is 2.46. The van der Waals surface area contributed by atoms with Crippen LogP contribution in [-0.4, -0.2) is 54.0 Å². The second-order valence-electron chi connectivity index (χ2n) is 2.96. The van der Waals surface area contributed by atoms with Gasteiger partial charge in [-0.25, -0.2) is 3.11 Å². The molecule has 3 nitrogen and oxygen atoms in total. The number of rotatable bonds is 4. The van der Waals surface area contributed by atoms with Crippen molar-refractivity contribution in [2.45, 2.75) is 6.92 Å². The van der Waals surface area contributed by atoms with Gasteiger partial charge in [0.2, 0.25) is 0 Å². The second kappa shape index (κ2) is 6.12. The molecule has 0 aromatic rings. The Morgan fingerprint density at radius 1 is 1.42 bits per heavy atom. The van der Waals surface area contributed by atoms with Crippen LogP contribution in [0.25, 0.3) is 0 Å². The molecule has 0 radical (unpaired) electrons. The van der Waals surface area contributed by atoms with Crippen LogP contribution in [0.3, 0.4) is 0 Å². The van der Waals surface area contributed by atoms with Crippen LogP contribution in [0.15, 0.2) is 0 Å². The largest absolute Gasteiger partial charge is 0.379 e. The Morgan fingerprint density at radius 2 is 2.08 bits per heavy atom. The first-order valence-corrected chi connectivity index (χ1v) is 5.50. The lowest BCUT2D eigenvalue weighted by molar-refractivity contribution is 0.0370. The minimum atomic E-state index is 0.910.